The number of pyridine rings is 3. The highest BCUT2D eigenvalue weighted by molar-refractivity contribution is 5.80. The van der Waals surface area contributed by atoms with Crippen molar-refractivity contribution in [3.05, 3.63) is 101 Å². The maximum atomic E-state index is 11.8. The number of ether oxygens (including phenoxy) is 1. The Morgan fingerprint density at radius 3 is 2.62 bits per heavy atom. The number of aromatic nitrogens is 3. The van der Waals surface area contributed by atoms with E-state index in [1.165, 1.54) is 11.1 Å². The average molecular weight is 429 g/mol. The number of nitrogens with zero attached hydrogens (tertiary/aromatic N) is 4. The van der Waals surface area contributed by atoms with Crippen LogP contribution in [0.25, 0.3) is 10.9 Å². The molecule has 0 fully saturated rings. The quantitative estimate of drug-likeness (QED) is 0.359. The van der Waals surface area contributed by atoms with Crippen molar-refractivity contribution < 1.29 is 4.74 Å². The van der Waals surface area contributed by atoms with E-state index in [4.69, 9.17) is 4.74 Å². The summed E-state index contributed by atoms with van der Waals surface area (Å²) in [4.78, 5) is 22.6. The molecular formula is C26H28N4O2. The van der Waals surface area contributed by atoms with Crippen LogP contribution in [-0.4, -0.2) is 39.1 Å². The second-order valence-corrected chi connectivity index (χ2v) is 7.90. The summed E-state index contributed by atoms with van der Waals surface area (Å²) >= 11 is 0. The molecule has 6 nitrogen and oxygen atoms in total. The van der Waals surface area contributed by atoms with Gasteiger partial charge in [0.1, 0.15) is 5.75 Å². The molecule has 0 spiro atoms. The van der Waals surface area contributed by atoms with E-state index < -0.39 is 0 Å². The minimum atomic E-state index is -0.00765. The van der Waals surface area contributed by atoms with Crippen molar-refractivity contribution in [1.82, 2.24) is 19.4 Å². The lowest BCUT2D eigenvalue weighted by molar-refractivity contribution is 0.230. The molecule has 0 saturated heterocycles. The number of fused-ring (bicyclic) bond motifs is 1. The Kier molecular flexibility index (Phi) is 7.25. The lowest BCUT2D eigenvalue weighted by Crippen LogP contribution is -2.28. The molecule has 0 aliphatic carbocycles. The zero-order chi connectivity index (χ0) is 22.2. The molecule has 0 bridgehead atoms. The Morgan fingerprint density at radius 2 is 1.81 bits per heavy atom. The topological polar surface area (TPSA) is 60.2 Å². The van der Waals surface area contributed by atoms with Crippen LogP contribution in [0.4, 0.5) is 0 Å². The number of benzene rings is 1. The molecule has 6 heteroatoms. The van der Waals surface area contributed by atoms with Gasteiger partial charge in [-0.1, -0.05) is 6.07 Å². The highest BCUT2D eigenvalue weighted by Gasteiger charge is 2.08. The molecule has 0 aliphatic rings. The number of aryl methyl sites for hydroxylation is 1. The van der Waals surface area contributed by atoms with E-state index in [1.54, 1.807) is 17.7 Å². The minimum Gasteiger partial charge on any atom is -0.494 e. The standard InChI is InChI=1S/C26H28N4O2/c1-29-25-7-6-24(18-23(25)5-8-26(29)31)32-17-3-15-30(20-22-9-13-27-14-10-22)16-11-21-4-2-12-28-19-21/h2,4-10,12-14,18-19H,3,11,15-17,20H2,1H3. The van der Waals surface area contributed by atoms with Crippen molar-refractivity contribution in [3.63, 3.8) is 0 Å². The van der Waals surface area contributed by atoms with Crippen molar-refractivity contribution >= 4 is 10.9 Å². The predicted molar refractivity (Wildman–Crippen MR) is 127 cm³/mol. The van der Waals surface area contributed by atoms with Gasteiger partial charge in [0.05, 0.1) is 12.1 Å². The molecule has 4 rings (SSSR count). The van der Waals surface area contributed by atoms with Gasteiger partial charge in [-0.25, -0.2) is 0 Å². The predicted octanol–water partition coefficient (Wildman–Crippen LogP) is 3.84. The molecule has 0 aliphatic heterocycles. The van der Waals surface area contributed by atoms with Crippen LogP contribution in [0.15, 0.2) is 84.2 Å². The van der Waals surface area contributed by atoms with Crippen LogP contribution in [-0.2, 0) is 20.0 Å². The summed E-state index contributed by atoms with van der Waals surface area (Å²) in [5.41, 5.74) is 3.40. The maximum Gasteiger partial charge on any atom is 0.250 e. The molecule has 0 N–H and O–H groups in total. The summed E-state index contributed by atoms with van der Waals surface area (Å²) in [6.45, 7) is 3.41. The number of rotatable bonds is 10. The normalized spacial score (nSPS) is 11.2. The van der Waals surface area contributed by atoms with E-state index in [0.717, 1.165) is 49.1 Å². The van der Waals surface area contributed by atoms with Crippen molar-refractivity contribution in [3.8, 4) is 5.75 Å². The largest absolute Gasteiger partial charge is 0.494 e. The fraction of sp³-hybridized carbons (Fsp3) is 0.269. The van der Waals surface area contributed by atoms with E-state index in [1.807, 2.05) is 55.1 Å². The molecule has 0 radical (unpaired) electrons. The smallest absolute Gasteiger partial charge is 0.250 e. The fourth-order valence-corrected chi connectivity index (χ4v) is 3.78. The first-order valence-electron chi connectivity index (χ1n) is 10.9. The second kappa shape index (κ2) is 10.7. The summed E-state index contributed by atoms with van der Waals surface area (Å²) in [6.07, 6.45) is 9.30. The van der Waals surface area contributed by atoms with Crippen molar-refractivity contribution in [2.24, 2.45) is 7.05 Å². The van der Waals surface area contributed by atoms with Gasteiger partial charge < -0.3 is 9.30 Å². The Hall–Kier alpha value is -3.51. The Morgan fingerprint density at radius 1 is 0.938 bits per heavy atom. The lowest BCUT2D eigenvalue weighted by atomic mass is 10.2. The third-order valence-corrected chi connectivity index (χ3v) is 5.58. The van der Waals surface area contributed by atoms with Crippen LogP contribution in [0.2, 0.25) is 0 Å². The lowest BCUT2D eigenvalue weighted by Gasteiger charge is -2.22. The van der Waals surface area contributed by atoms with Crippen molar-refractivity contribution in [1.29, 1.82) is 0 Å². The van der Waals surface area contributed by atoms with Gasteiger partial charge >= 0.3 is 0 Å². The van der Waals surface area contributed by atoms with Gasteiger partial charge in [0.25, 0.3) is 5.56 Å². The Balaban J connectivity index is 1.33. The van der Waals surface area contributed by atoms with E-state index in [-0.39, 0.29) is 5.56 Å². The first-order chi connectivity index (χ1) is 15.7. The third kappa shape index (κ3) is 5.80. The van der Waals surface area contributed by atoms with Crippen LogP contribution in [0.3, 0.4) is 0 Å². The highest BCUT2D eigenvalue weighted by Crippen LogP contribution is 2.19. The SMILES string of the molecule is Cn1c(=O)ccc2cc(OCCCN(CCc3cccnc3)Cc3ccncc3)ccc21. The van der Waals surface area contributed by atoms with Crippen molar-refractivity contribution in [2.75, 3.05) is 19.7 Å². The Labute approximate surface area is 188 Å². The van der Waals surface area contributed by atoms with Crippen LogP contribution >= 0.6 is 0 Å². The summed E-state index contributed by atoms with van der Waals surface area (Å²) < 4.78 is 7.66. The third-order valence-electron chi connectivity index (χ3n) is 5.58. The van der Waals surface area contributed by atoms with E-state index in [9.17, 15) is 4.79 Å². The average Bonchev–Trinajstić information content (AvgIpc) is 2.84. The molecule has 0 saturated carbocycles. The zero-order valence-corrected chi connectivity index (χ0v) is 18.4. The van der Waals surface area contributed by atoms with Crippen LogP contribution in [0.5, 0.6) is 5.75 Å². The molecule has 1 aromatic carbocycles. The van der Waals surface area contributed by atoms with Gasteiger partial charge in [-0.2, -0.15) is 0 Å². The molecule has 3 heterocycles. The highest BCUT2D eigenvalue weighted by atomic mass is 16.5. The van der Waals surface area contributed by atoms with E-state index in [2.05, 4.69) is 33.1 Å². The van der Waals surface area contributed by atoms with Gasteiger partial charge in [-0.3, -0.25) is 19.7 Å². The molecule has 0 unspecified atom stereocenters. The first-order valence-corrected chi connectivity index (χ1v) is 10.9. The minimum absolute atomic E-state index is 0.00765. The van der Waals surface area contributed by atoms with Crippen molar-refractivity contribution in [2.45, 2.75) is 19.4 Å². The summed E-state index contributed by atoms with van der Waals surface area (Å²) in [5, 5.41) is 1.00. The molecule has 0 amide bonds. The van der Waals surface area contributed by atoms with E-state index >= 15 is 0 Å². The molecule has 4 aromatic rings. The summed E-state index contributed by atoms with van der Waals surface area (Å²) in [6, 6.07) is 17.5. The number of hydrogen-bond acceptors (Lipinski definition) is 5. The summed E-state index contributed by atoms with van der Waals surface area (Å²) in [5.74, 6) is 0.826. The monoisotopic (exact) mass is 428 g/mol. The zero-order valence-electron chi connectivity index (χ0n) is 18.4. The van der Waals surface area contributed by atoms with Crippen LogP contribution in [0.1, 0.15) is 17.5 Å². The molecule has 3 aromatic heterocycles. The van der Waals surface area contributed by atoms with Gasteiger partial charge in [-0.15, -0.1) is 0 Å². The summed E-state index contributed by atoms with van der Waals surface area (Å²) in [7, 11) is 1.79. The number of hydrogen-bond donors (Lipinski definition) is 0. The first kappa shape index (κ1) is 21.7. The fourth-order valence-electron chi connectivity index (χ4n) is 3.78. The van der Waals surface area contributed by atoms with E-state index in [0.29, 0.717) is 6.61 Å². The van der Waals surface area contributed by atoms with Crippen LogP contribution < -0.4 is 10.3 Å². The van der Waals surface area contributed by atoms with Gasteiger partial charge in [0.2, 0.25) is 0 Å². The molecule has 164 valence electrons. The molecule has 32 heavy (non-hydrogen) atoms. The molecule has 0 atom stereocenters. The Bertz CT molecular complexity index is 1190. The van der Waals surface area contributed by atoms with Gasteiger partial charge in [0.15, 0.2) is 0 Å². The second-order valence-electron chi connectivity index (χ2n) is 7.90. The van der Waals surface area contributed by atoms with Gasteiger partial charge in [0, 0.05) is 62.9 Å². The van der Waals surface area contributed by atoms with Gasteiger partial charge in [-0.05, 0) is 66.4 Å². The maximum absolute atomic E-state index is 11.8. The van der Waals surface area contributed by atoms with Crippen LogP contribution in [0, 0.1) is 0 Å². The molecular weight excluding hydrogens is 400 g/mol.